The summed E-state index contributed by atoms with van der Waals surface area (Å²) >= 11 is 0. The third-order valence-electron chi connectivity index (χ3n) is 11.2. The molecule has 9 aromatic rings. The standard InChI is InChI=1S/C50H40O2/c1-49(2)29-51-30-50(3,4)48-41(49)27-26-40(44(48)33-25-24-31-14-5-6-15-32(31)28-33)46-36-18-9-7-16-34(36)45(35-17-8-10-19-37(35)46)39-21-13-23-43-47(39)38-20-11-12-22-42(38)52-43/h5-28H,29-30H2,1-4H3/i7D,9D,16D,18D. The smallest absolute Gasteiger partial charge is 0.136 e. The van der Waals surface area contributed by atoms with E-state index in [-0.39, 0.29) is 35.0 Å². The summed E-state index contributed by atoms with van der Waals surface area (Å²) in [5.74, 6) is 0. The van der Waals surface area contributed by atoms with Crippen LogP contribution in [0.25, 0.3) is 87.6 Å². The monoisotopic (exact) mass is 676 g/mol. The predicted molar refractivity (Wildman–Crippen MR) is 219 cm³/mol. The molecule has 0 amide bonds. The second kappa shape index (κ2) is 11.4. The van der Waals surface area contributed by atoms with E-state index in [9.17, 15) is 2.74 Å². The maximum Gasteiger partial charge on any atom is 0.136 e. The van der Waals surface area contributed by atoms with Gasteiger partial charge in [-0.3, -0.25) is 0 Å². The average Bonchev–Trinajstić information content (AvgIpc) is 3.55. The van der Waals surface area contributed by atoms with Crippen LogP contribution in [-0.4, -0.2) is 13.2 Å². The number of furan rings is 1. The Hall–Kier alpha value is -5.70. The molecule has 0 saturated heterocycles. The third kappa shape index (κ3) is 4.60. The molecule has 1 aliphatic heterocycles. The van der Waals surface area contributed by atoms with Crippen LogP contribution in [-0.2, 0) is 15.6 Å². The van der Waals surface area contributed by atoms with Crippen molar-refractivity contribution in [1.29, 1.82) is 0 Å². The minimum absolute atomic E-state index is 0.0606. The molecule has 1 aliphatic rings. The molecule has 2 heteroatoms. The van der Waals surface area contributed by atoms with Gasteiger partial charge >= 0.3 is 0 Å². The summed E-state index contributed by atoms with van der Waals surface area (Å²) in [6, 6.07) is 41.1. The predicted octanol–water partition coefficient (Wildman–Crippen LogP) is 13.6. The Labute approximate surface area is 309 Å². The molecule has 0 fully saturated rings. The summed E-state index contributed by atoms with van der Waals surface area (Å²) in [7, 11) is 0. The SMILES string of the molecule is [2H]c1c([2H])c([2H])c2c(-c3cccc4oc5ccccc5c34)c3ccccc3c(-c3ccc4c(c3-c3ccc5ccccc5c3)C(C)(C)COCC4(C)C)c2c1[2H]. The van der Waals surface area contributed by atoms with Crippen LogP contribution in [0.1, 0.15) is 44.3 Å². The zero-order chi connectivity index (χ0) is 38.7. The Bertz CT molecular complexity index is 3120. The molecule has 0 aliphatic carbocycles. The van der Waals surface area contributed by atoms with Crippen LogP contribution in [0.5, 0.6) is 0 Å². The van der Waals surface area contributed by atoms with Crippen molar-refractivity contribution in [3.05, 3.63) is 157 Å². The summed E-state index contributed by atoms with van der Waals surface area (Å²) in [6.45, 7) is 10.1. The summed E-state index contributed by atoms with van der Waals surface area (Å²) in [5.41, 5.74) is 8.70. The lowest BCUT2D eigenvalue weighted by Crippen LogP contribution is -2.26. The van der Waals surface area contributed by atoms with Crippen LogP contribution >= 0.6 is 0 Å². The second-order valence-corrected chi connectivity index (χ2v) is 15.6. The first-order valence-electron chi connectivity index (χ1n) is 20.1. The van der Waals surface area contributed by atoms with E-state index in [2.05, 4.69) is 107 Å². The van der Waals surface area contributed by atoms with E-state index in [1.807, 2.05) is 42.5 Å². The van der Waals surface area contributed by atoms with Gasteiger partial charge in [0.1, 0.15) is 11.2 Å². The third-order valence-corrected chi connectivity index (χ3v) is 11.2. The molecular formula is C50H40O2. The number of fused-ring (bicyclic) bond motifs is 7. The molecule has 1 aromatic heterocycles. The molecule has 0 atom stereocenters. The van der Waals surface area contributed by atoms with E-state index in [0.717, 1.165) is 76.9 Å². The lowest BCUT2D eigenvalue weighted by atomic mass is 9.70. The fourth-order valence-corrected chi connectivity index (χ4v) is 8.85. The molecule has 2 heterocycles. The van der Waals surface area contributed by atoms with Gasteiger partial charge in [0, 0.05) is 21.6 Å². The van der Waals surface area contributed by atoms with Crippen molar-refractivity contribution in [2.45, 2.75) is 38.5 Å². The fraction of sp³-hybridized carbons (Fsp3) is 0.160. The van der Waals surface area contributed by atoms with Gasteiger partial charge in [-0.1, -0.05) is 155 Å². The van der Waals surface area contributed by atoms with Crippen LogP contribution in [0.15, 0.2) is 150 Å². The number of para-hydroxylation sites is 1. The van der Waals surface area contributed by atoms with Crippen LogP contribution < -0.4 is 0 Å². The summed E-state index contributed by atoms with van der Waals surface area (Å²) in [4.78, 5) is 0. The highest BCUT2D eigenvalue weighted by molar-refractivity contribution is 6.26. The lowest BCUT2D eigenvalue weighted by Gasteiger charge is -2.33. The van der Waals surface area contributed by atoms with Gasteiger partial charge in [0.2, 0.25) is 0 Å². The fourth-order valence-electron chi connectivity index (χ4n) is 8.85. The Kier molecular flexibility index (Phi) is 5.92. The zero-order valence-electron chi connectivity index (χ0n) is 33.8. The van der Waals surface area contributed by atoms with Gasteiger partial charge in [-0.15, -0.1) is 0 Å². The van der Waals surface area contributed by atoms with Crippen molar-refractivity contribution >= 4 is 54.3 Å². The number of ether oxygens (including phenoxy) is 1. The molecule has 8 aromatic carbocycles. The van der Waals surface area contributed by atoms with Gasteiger partial charge in [-0.2, -0.15) is 0 Å². The zero-order valence-corrected chi connectivity index (χ0v) is 29.8. The van der Waals surface area contributed by atoms with Gasteiger partial charge in [0.05, 0.1) is 18.7 Å². The number of hydrogen-bond acceptors (Lipinski definition) is 2. The Morgan fingerprint density at radius 2 is 1.15 bits per heavy atom. The number of hydrogen-bond donors (Lipinski definition) is 0. The van der Waals surface area contributed by atoms with Crippen molar-refractivity contribution in [3.63, 3.8) is 0 Å². The Morgan fingerprint density at radius 1 is 0.519 bits per heavy atom. The molecular weight excluding hydrogens is 633 g/mol. The Balaban J connectivity index is 1.44. The Morgan fingerprint density at radius 3 is 1.92 bits per heavy atom. The van der Waals surface area contributed by atoms with Gasteiger partial charge in [-0.05, 0) is 95.0 Å². The van der Waals surface area contributed by atoms with Gasteiger partial charge in [-0.25, -0.2) is 0 Å². The molecule has 0 unspecified atom stereocenters. The molecule has 2 nitrogen and oxygen atoms in total. The van der Waals surface area contributed by atoms with Crippen LogP contribution in [0, 0.1) is 0 Å². The molecule has 0 bridgehead atoms. The van der Waals surface area contributed by atoms with Crippen molar-refractivity contribution < 1.29 is 14.6 Å². The topological polar surface area (TPSA) is 22.4 Å². The van der Waals surface area contributed by atoms with E-state index in [4.69, 9.17) is 11.9 Å². The highest BCUT2D eigenvalue weighted by Gasteiger charge is 2.38. The quantitative estimate of drug-likeness (QED) is 0.174. The normalized spacial score (nSPS) is 16.5. The van der Waals surface area contributed by atoms with Crippen LogP contribution in [0.2, 0.25) is 0 Å². The average molecular weight is 677 g/mol. The first-order valence-corrected chi connectivity index (χ1v) is 18.1. The van der Waals surface area contributed by atoms with Gasteiger partial charge in [0.25, 0.3) is 0 Å². The van der Waals surface area contributed by atoms with E-state index >= 15 is 0 Å². The first-order chi connectivity index (χ1) is 27.0. The molecule has 52 heavy (non-hydrogen) atoms. The van der Waals surface area contributed by atoms with E-state index < -0.39 is 0 Å². The maximum absolute atomic E-state index is 9.73. The van der Waals surface area contributed by atoms with E-state index in [0.29, 0.717) is 24.0 Å². The largest absolute Gasteiger partial charge is 0.456 e. The highest BCUT2D eigenvalue weighted by Crippen LogP contribution is 2.52. The summed E-state index contributed by atoms with van der Waals surface area (Å²) in [6.07, 6.45) is 0. The van der Waals surface area contributed by atoms with Crippen molar-refractivity contribution in [2.75, 3.05) is 13.2 Å². The van der Waals surface area contributed by atoms with Gasteiger partial charge < -0.3 is 9.15 Å². The molecule has 0 spiro atoms. The summed E-state index contributed by atoms with van der Waals surface area (Å²) < 4.78 is 50.3. The van der Waals surface area contributed by atoms with Crippen molar-refractivity contribution in [2.24, 2.45) is 0 Å². The minimum Gasteiger partial charge on any atom is -0.456 e. The number of benzene rings is 8. The lowest BCUT2D eigenvalue weighted by molar-refractivity contribution is 0.0753. The molecule has 0 saturated carbocycles. The number of rotatable bonds is 3. The van der Waals surface area contributed by atoms with Gasteiger partial charge in [0.15, 0.2) is 0 Å². The molecule has 0 N–H and O–H groups in total. The maximum atomic E-state index is 9.73. The first kappa shape index (κ1) is 27.0. The van der Waals surface area contributed by atoms with Crippen molar-refractivity contribution in [1.82, 2.24) is 0 Å². The highest BCUT2D eigenvalue weighted by atomic mass is 16.5. The van der Waals surface area contributed by atoms with E-state index in [1.165, 1.54) is 11.1 Å². The molecule has 10 rings (SSSR count). The summed E-state index contributed by atoms with van der Waals surface area (Å²) in [5, 5.41) is 6.95. The van der Waals surface area contributed by atoms with Crippen LogP contribution in [0.3, 0.4) is 0 Å². The second-order valence-electron chi connectivity index (χ2n) is 15.6. The minimum atomic E-state index is -0.386. The van der Waals surface area contributed by atoms with E-state index in [1.54, 1.807) is 0 Å². The van der Waals surface area contributed by atoms with Crippen molar-refractivity contribution in [3.8, 4) is 33.4 Å². The van der Waals surface area contributed by atoms with Crippen LogP contribution in [0.4, 0.5) is 0 Å². The molecule has 0 radical (unpaired) electrons. The molecule has 252 valence electrons.